The molecular formula is C14H29N3. The van der Waals surface area contributed by atoms with Crippen LogP contribution in [0, 0.1) is 5.92 Å². The normalized spacial score (nSPS) is 40.9. The van der Waals surface area contributed by atoms with E-state index in [1.165, 1.54) is 39.0 Å². The van der Waals surface area contributed by atoms with Gasteiger partial charge in [0.1, 0.15) is 0 Å². The Balaban J connectivity index is 1.89. The number of rotatable bonds is 3. The van der Waals surface area contributed by atoms with Crippen LogP contribution in [0.3, 0.4) is 0 Å². The lowest BCUT2D eigenvalue weighted by Gasteiger charge is -2.45. The molecule has 0 aromatic rings. The zero-order chi connectivity index (χ0) is 12.5. The Morgan fingerprint density at radius 1 is 1.41 bits per heavy atom. The van der Waals surface area contributed by atoms with Crippen LogP contribution in [0.15, 0.2) is 0 Å². The first kappa shape index (κ1) is 13.3. The van der Waals surface area contributed by atoms with E-state index in [1.54, 1.807) is 0 Å². The number of hydrogen-bond acceptors (Lipinski definition) is 3. The quantitative estimate of drug-likeness (QED) is 0.803. The van der Waals surface area contributed by atoms with Gasteiger partial charge in [0.15, 0.2) is 0 Å². The Hall–Kier alpha value is -0.120. The highest BCUT2D eigenvalue weighted by Gasteiger charge is 2.34. The van der Waals surface area contributed by atoms with E-state index in [2.05, 4.69) is 42.9 Å². The van der Waals surface area contributed by atoms with Crippen molar-refractivity contribution < 1.29 is 0 Å². The van der Waals surface area contributed by atoms with Crippen molar-refractivity contribution in [3.63, 3.8) is 0 Å². The molecule has 3 heteroatoms. The Morgan fingerprint density at radius 3 is 2.76 bits per heavy atom. The van der Waals surface area contributed by atoms with Gasteiger partial charge in [0.2, 0.25) is 0 Å². The van der Waals surface area contributed by atoms with Gasteiger partial charge in [-0.05, 0) is 46.2 Å². The zero-order valence-electron chi connectivity index (χ0n) is 12.0. The second-order valence-electron chi connectivity index (χ2n) is 6.49. The molecule has 3 nitrogen and oxygen atoms in total. The SMILES string of the molecule is CCC1(C)CN(CC2CCN(C)C2)C(C)CN1. The molecule has 100 valence electrons. The van der Waals surface area contributed by atoms with Crippen LogP contribution in [0.5, 0.6) is 0 Å². The monoisotopic (exact) mass is 239 g/mol. The third kappa shape index (κ3) is 3.21. The van der Waals surface area contributed by atoms with Crippen molar-refractivity contribution in [1.29, 1.82) is 0 Å². The van der Waals surface area contributed by atoms with E-state index in [-0.39, 0.29) is 0 Å². The molecule has 0 radical (unpaired) electrons. The summed E-state index contributed by atoms with van der Waals surface area (Å²) in [6, 6.07) is 0.695. The van der Waals surface area contributed by atoms with Crippen molar-refractivity contribution in [2.45, 2.75) is 45.2 Å². The molecule has 0 amide bonds. The van der Waals surface area contributed by atoms with Crippen molar-refractivity contribution in [2.24, 2.45) is 5.92 Å². The van der Waals surface area contributed by atoms with E-state index < -0.39 is 0 Å². The van der Waals surface area contributed by atoms with E-state index >= 15 is 0 Å². The summed E-state index contributed by atoms with van der Waals surface area (Å²) < 4.78 is 0. The lowest BCUT2D eigenvalue weighted by molar-refractivity contribution is 0.0790. The summed E-state index contributed by atoms with van der Waals surface area (Å²) in [6.45, 7) is 13.3. The molecule has 0 aliphatic carbocycles. The van der Waals surface area contributed by atoms with Crippen LogP contribution in [0.4, 0.5) is 0 Å². The maximum absolute atomic E-state index is 3.71. The van der Waals surface area contributed by atoms with Gasteiger partial charge in [0.05, 0.1) is 0 Å². The number of nitrogens with zero attached hydrogens (tertiary/aromatic N) is 2. The molecule has 3 atom stereocenters. The van der Waals surface area contributed by atoms with Crippen LogP contribution in [0.1, 0.15) is 33.6 Å². The topological polar surface area (TPSA) is 18.5 Å². The lowest BCUT2D eigenvalue weighted by atomic mass is 9.93. The van der Waals surface area contributed by atoms with Gasteiger partial charge < -0.3 is 10.2 Å². The molecule has 0 bridgehead atoms. The predicted molar refractivity (Wildman–Crippen MR) is 73.3 cm³/mol. The maximum atomic E-state index is 3.71. The molecule has 3 unspecified atom stereocenters. The molecule has 1 N–H and O–H groups in total. The molecule has 2 saturated heterocycles. The van der Waals surface area contributed by atoms with Crippen LogP contribution < -0.4 is 5.32 Å². The largest absolute Gasteiger partial charge is 0.309 e. The minimum absolute atomic E-state index is 0.330. The van der Waals surface area contributed by atoms with Crippen molar-refractivity contribution in [3.8, 4) is 0 Å². The summed E-state index contributed by atoms with van der Waals surface area (Å²) in [7, 11) is 2.25. The highest BCUT2D eigenvalue weighted by Crippen LogP contribution is 2.22. The molecule has 2 aliphatic heterocycles. The Bertz CT molecular complexity index is 256. The first-order chi connectivity index (χ1) is 8.02. The zero-order valence-corrected chi connectivity index (χ0v) is 12.0. The minimum Gasteiger partial charge on any atom is -0.309 e. The van der Waals surface area contributed by atoms with Crippen molar-refractivity contribution in [3.05, 3.63) is 0 Å². The van der Waals surface area contributed by atoms with Crippen molar-refractivity contribution >= 4 is 0 Å². The molecule has 2 fully saturated rings. The number of nitrogens with one attached hydrogen (secondary N) is 1. The fraction of sp³-hybridized carbons (Fsp3) is 1.00. The summed E-state index contributed by atoms with van der Waals surface area (Å²) in [5.41, 5.74) is 0.330. The molecule has 2 rings (SSSR count). The predicted octanol–water partition coefficient (Wildman–Crippen LogP) is 1.40. The van der Waals surface area contributed by atoms with E-state index in [1.807, 2.05) is 0 Å². The Morgan fingerprint density at radius 2 is 2.18 bits per heavy atom. The minimum atomic E-state index is 0.330. The van der Waals surface area contributed by atoms with Gasteiger partial charge in [-0.25, -0.2) is 0 Å². The smallest absolute Gasteiger partial charge is 0.0278 e. The van der Waals surface area contributed by atoms with E-state index in [0.717, 1.165) is 12.5 Å². The number of hydrogen-bond donors (Lipinski definition) is 1. The molecule has 17 heavy (non-hydrogen) atoms. The molecule has 0 saturated carbocycles. The highest BCUT2D eigenvalue weighted by atomic mass is 15.3. The van der Waals surface area contributed by atoms with Crippen LogP contribution in [-0.4, -0.2) is 61.2 Å². The van der Waals surface area contributed by atoms with Crippen LogP contribution >= 0.6 is 0 Å². The first-order valence-electron chi connectivity index (χ1n) is 7.20. The molecule has 0 aromatic heterocycles. The van der Waals surface area contributed by atoms with Crippen LogP contribution in [0.25, 0.3) is 0 Å². The summed E-state index contributed by atoms with van der Waals surface area (Å²) in [5, 5.41) is 3.71. The average Bonchev–Trinajstić information content (AvgIpc) is 2.70. The third-order valence-electron chi connectivity index (χ3n) is 4.76. The fourth-order valence-corrected chi connectivity index (χ4v) is 3.17. The summed E-state index contributed by atoms with van der Waals surface area (Å²) in [6.07, 6.45) is 2.61. The summed E-state index contributed by atoms with van der Waals surface area (Å²) >= 11 is 0. The van der Waals surface area contributed by atoms with Crippen LogP contribution in [-0.2, 0) is 0 Å². The molecule has 0 spiro atoms. The number of piperazine rings is 1. The van der Waals surface area contributed by atoms with E-state index in [0.29, 0.717) is 11.6 Å². The highest BCUT2D eigenvalue weighted by molar-refractivity contribution is 4.94. The van der Waals surface area contributed by atoms with Gasteiger partial charge in [0, 0.05) is 37.8 Å². The second kappa shape index (κ2) is 5.25. The molecule has 2 heterocycles. The molecule has 0 aromatic carbocycles. The molecular weight excluding hydrogens is 210 g/mol. The van der Waals surface area contributed by atoms with Gasteiger partial charge in [-0.3, -0.25) is 4.90 Å². The lowest BCUT2D eigenvalue weighted by Crippen LogP contribution is -2.62. The average molecular weight is 239 g/mol. The van der Waals surface area contributed by atoms with Crippen molar-refractivity contribution in [2.75, 3.05) is 39.8 Å². The summed E-state index contributed by atoms with van der Waals surface area (Å²) in [4.78, 5) is 5.18. The van der Waals surface area contributed by atoms with Gasteiger partial charge in [-0.15, -0.1) is 0 Å². The maximum Gasteiger partial charge on any atom is 0.0278 e. The van der Waals surface area contributed by atoms with Crippen molar-refractivity contribution in [1.82, 2.24) is 15.1 Å². The first-order valence-corrected chi connectivity index (χ1v) is 7.20. The standard InChI is InChI=1S/C14H29N3/c1-5-14(3)11-17(12(2)8-15-14)10-13-6-7-16(4)9-13/h12-13,15H,5-11H2,1-4H3. The molecule has 2 aliphatic rings. The van der Waals surface area contributed by atoms with E-state index in [4.69, 9.17) is 0 Å². The van der Waals surface area contributed by atoms with Crippen LogP contribution in [0.2, 0.25) is 0 Å². The second-order valence-corrected chi connectivity index (χ2v) is 6.49. The Kier molecular flexibility index (Phi) is 4.11. The van der Waals surface area contributed by atoms with Gasteiger partial charge in [-0.1, -0.05) is 6.92 Å². The van der Waals surface area contributed by atoms with Gasteiger partial charge >= 0.3 is 0 Å². The Labute approximate surface area is 107 Å². The summed E-state index contributed by atoms with van der Waals surface area (Å²) in [5.74, 6) is 0.890. The fourth-order valence-electron chi connectivity index (χ4n) is 3.17. The van der Waals surface area contributed by atoms with Gasteiger partial charge in [0.25, 0.3) is 0 Å². The van der Waals surface area contributed by atoms with Gasteiger partial charge in [-0.2, -0.15) is 0 Å². The van der Waals surface area contributed by atoms with E-state index in [9.17, 15) is 0 Å². The number of likely N-dealkylation sites (tertiary alicyclic amines) is 1. The third-order valence-corrected chi connectivity index (χ3v) is 4.76.